The number of hydrogen-bond donors (Lipinski definition) is 5. The molecule has 5 atom stereocenters. The van der Waals surface area contributed by atoms with E-state index >= 15 is 0 Å². The van der Waals surface area contributed by atoms with E-state index in [0.29, 0.717) is 0 Å². The quantitative estimate of drug-likeness (QED) is 0.323. The highest BCUT2D eigenvalue weighted by Crippen LogP contribution is 2.18. The highest BCUT2D eigenvalue weighted by Gasteiger charge is 2.33. The summed E-state index contributed by atoms with van der Waals surface area (Å²) in [6, 6.07) is 0. The van der Waals surface area contributed by atoms with Gasteiger partial charge in [0, 0.05) is 12.3 Å². The fraction of sp³-hybridized carbons (Fsp3) is 1.00. The molecule has 0 radical (unpaired) electrons. The van der Waals surface area contributed by atoms with E-state index in [1.807, 2.05) is 0 Å². The molecule has 0 aromatic heterocycles. The van der Waals surface area contributed by atoms with Crippen LogP contribution in [0.25, 0.3) is 0 Å². The second-order valence-corrected chi connectivity index (χ2v) is 3.53. The molecule has 1 aliphatic heterocycles. The van der Waals surface area contributed by atoms with Gasteiger partial charge >= 0.3 is 0 Å². The lowest BCUT2D eigenvalue weighted by atomic mass is 9.94. The van der Waals surface area contributed by atoms with Crippen molar-refractivity contribution in [2.75, 3.05) is 13.2 Å². The van der Waals surface area contributed by atoms with Crippen molar-refractivity contribution in [2.24, 2.45) is 5.92 Å². The van der Waals surface area contributed by atoms with Crippen LogP contribution in [0.2, 0.25) is 0 Å². The third-order valence-corrected chi connectivity index (χ3v) is 2.40. The van der Waals surface area contributed by atoms with Gasteiger partial charge in [0.2, 0.25) is 0 Å². The van der Waals surface area contributed by atoms with Crippen molar-refractivity contribution >= 4 is 0 Å². The Morgan fingerprint density at radius 3 is 2.29 bits per heavy atom. The molecule has 0 spiro atoms. The smallest absolute Gasteiger partial charge is 0.180 e. The molecule has 1 aliphatic rings. The number of aliphatic hydroxyl groups excluding tert-OH is 5. The first-order chi connectivity index (χ1) is 6.56. The molecule has 1 fully saturated rings. The summed E-state index contributed by atoms with van der Waals surface area (Å²) in [4.78, 5) is 0. The lowest BCUT2D eigenvalue weighted by molar-refractivity contribution is -0.206. The standard InChI is InChI=1S/C8H16O6/c9-2-4-3-14-8(13)6(11)1-5(10)7(4)12/h4-13H,1-3H2. The van der Waals surface area contributed by atoms with E-state index < -0.39 is 30.5 Å². The van der Waals surface area contributed by atoms with Crippen LogP contribution in [0.3, 0.4) is 0 Å². The fourth-order valence-corrected chi connectivity index (χ4v) is 1.41. The Morgan fingerprint density at radius 2 is 1.71 bits per heavy atom. The molecular formula is C8H16O6. The van der Waals surface area contributed by atoms with E-state index in [1.54, 1.807) is 0 Å². The largest absolute Gasteiger partial charge is 0.396 e. The number of rotatable bonds is 1. The molecule has 0 aromatic carbocycles. The monoisotopic (exact) mass is 208 g/mol. The van der Waals surface area contributed by atoms with Crippen LogP contribution in [-0.4, -0.2) is 63.3 Å². The van der Waals surface area contributed by atoms with Gasteiger partial charge in [0.15, 0.2) is 6.29 Å². The zero-order valence-corrected chi connectivity index (χ0v) is 7.65. The SMILES string of the molecule is OCC1COC(O)C(O)CC(O)C1O. The van der Waals surface area contributed by atoms with Gasteiger partial charge in [-0.1, -0.05) is 0 Å². The predicted molar refractivity (Wildman–Crippen MR) is 45.2 cm³/mol. The van der Waals surface area contributed by atoms with Gasteiger partial charge in [0.05, 0.1) is 25.4 Å². The normalized spacial score (nSPS) is 45.6. The van der Waals surface area contributed by atoms with Gasteiger partial charge in [-0.3, -0.25) is 0 Å². The molecule has 0 saturated carbocycles. The molecule has 14 heavy (non-hydrogen) atoms. The third kappa shape index (κ3) is 2.63. The van der Waals surface area contributed by atoms with Crippen molar-refractivity contribution in [3.63, 3.8) is 0 Å². The Balaban J connectivity index is 2.63. The summed E-state index contributed by atoms with van der Waals surface area (Å²) >= 11 is 0. The first-order valence-corrected chi connectivity index (χ1v) is 4.51. The summed E-state index contributed by atoms with van der Waals surface area (Å²) in [6.07, 6.45) is -5.10. The van der Waals surface area contributed by atoms with Gasteiger partial charge in [0.25, 0.3) is 0 Å². The summed E-state index contributed by atoms with van der Waals surface area (Å²) < 4.78 is 4.79. The zero-order chi connectivity index (χ0) is 10.7. The molecule has 1 rings (SSSR count). The Hall–Kier alpha value is -0.240. The molecule has 0 aliphatic carbocycles. The van der Waals surface area contributed by atoms with Crippen LogP contribution in [0.4, 0.5) is 0 Å². The van der Waals surface area contributed by atoms with Gasteiger partial charge in [-0.2, -0.15) is 0 Å². The molecule has 1 heterocycles. The predicted octanol–water partition coefficient (Wildman–Crippen LogP) is -2.58. The summed E-state index contributed by atoms with van der Waals surface area (Å²) in [5, 5.41) is 46.1. The number of hydrogen-bond acceptors (Lipinski definition) is 6. The van der Waals surface area contributed by atoms with E-state index in [9.17, 15) is 15.3 Å². The molecular weight excluding hydrogens is 192 g/mol. The van der Waals surface area contributed by atoms with Crippen molar-refractivity contribution in [3.05, 3.63) is 0 Å². The number of aliphatic hydroxyl groups is 5. The Morgan fingerprint density at radius 1 is 1.07 bits per heavy atom. The highest BCUT2D eigenvalue weighted by atomic mass is 16.6. The van der Waals surface area contributed by atoms with Crippen molar-refractivity contribution in [1.82, 2.24) is 0 Å². The van der Waals surface area contributed by atoms with E-state index in [0.717, 1.165) is 0 Å². The van der Waals surface area contributed by atoms with Crippen LogP contribution in [0.5, 0.6) is 0 Å². The van der Waals surface area contributed by atoms with Crippen LogP contribution in [0.1, 0.15) is 6.42 Å². The number of ether oxygens (including phenoxy) is 1. The van der Waals surface area contributed by atoms with Gasteiger partial charge < -0.3 is 30.3 Å². The van der Waals surface area contributed by atoms with Crippen molar-refractivity contribution in [3.8, 4) is 0 Å². The van der Waals surface area contributed by atoms with Crippen molar-refractivity contribution in [1.29, 1.82) is 0 Å². The minimum atomic E-state index is -1.38. The van der Waals surface area contributed by atoms with Gasteiger partial charge in [0.1, 0.15) is 6.10 Å². The lowest BCUT2D eigenvalue weighted by Gasteiger charge is -2.32. The van der Waals surface area contributed by atoms with Gasteiger partial charge in [-0.05, 0) is 0 Å². The highest BCUT2D eigenvalue weighted by molar-refractivity contribution is 4.81. The minimum Gasteiger partial charge on any atom is -0.396 e. The molecule has 5 unspecified atom stereocenters. The van der Waals surface area contributed by atoms with Crippen molar-refractivity contribution < 1.29 is 30.3 Å². The van der Waals surface area contributed by atoms with Crippen LogP contribution in [0.15, 0.2) is 0 Å². The van der Waals surface area contributed by atoms with E-state index in [4.69, 9.17) is 14.9 Å². The maximum atomic E-state index is 9.46. The molecule has 6 heteroatoms. The van der Waals surface area contributed by atoms with Gasteiger partial charge in [-0.25, -0.2) is 0 Å². The van der Waals surface area contributed by atoms with Crippen molar-refractivity contribution in [2.45, 2.75) is 31.0 Å². The van der Waals surface area contributed by atoms with Crippen LogP contribution >= 0.6 is 0 Å². The maximum absolute atomic E-state index is 9.46. The van der Waals surface area contributed by atoms with E-state index in [2.05, 4.69) is 0 Å². The average molecular weight is 208 g/mol. The Bertz CT molecular complexity index is 175. The topological polar surface area (TPSA) is 110 Å². The van der Waals surface area contributed by atoms with E-state index in [-0.39, 0.29) is 19.6 Å². The maximum Gasteiger partial charge on any atom is 0.180 e. The van der Waals surface area contributed by atoms with Crippen LogP contribution in [0, 0.1) is 5.92 Å². The minimum absolute atomic E-state index is 0.104. The molecule has 5 N–H and O–H groups in total. The van der Waals surface area contributed by atoms with E-state index in [1.165, 1.54) is 0 Å². The molecule has 0 amide bonds. The Labute approximate surface area is 81.4 Å². The van der Waals surface area contributed by atoms with Gasteiger partial charge in [-0.15, -0.1) is 0 Å². The fourth-order valence-electron chi connectivity index (χ4n) is 1.41. The second kappa shape index (κ2) is 5.01. The summed E-state index contributed by atoms with van der Waals surface area (Å²) in [6.45, 7) is -0.450. The lowest BCUT2D eigenvalue weighted by Crippen LogP contribution is -2.46. The first-order valence-electron chi connectivity index (χ1n) is 4.51. The molecule has 0 aromatic rings. The first kappa shape index (κ1) is 11.8. The summed E-state index contributed by atoms with van der Waals surface area (Å²) in [7, 11) is 0. The molecule has 0 bridgehead atoms. The average Bonchev–Trinajstić information content (AvgIpc) is 2.16. The third-order valence-electron chi connectivity index (χ3n) is 2.40. The zero-order valence-electron chi connectivity index (χ0n) is 7.65. The molecule has 6 nitrogen and oxygen atoms in total. The van der Waals surface area contributed by atoms with Crippen LogP contribution in [-0.2, 0) is 4.74 Å². The van der Waals surface area contributed by atoms with Crippen LogP contribution < -0.4 is 0 Å². The Kier molecular flexibility index (Phi) is 4.24. The molecule has 1 saturated heterocycles. The summed E-state index contributed by atoms with van der Waals surface area (Å²) in [5.41, 5.74) is 0. The summed E-state index contributed by atoms with van der Waals surface area (Å²) in [5.74, 6) is -0.646. The second-order valence-electron chi connectivity index (χ2n) is 3.53. The molecule has 84 valence electrons.